The van der Waals surface area contributed by atoms with Crippen molar-refractivity contribution in [2.75, 3.05) is 0 Å². The lowest BCUT2D eigenvalue weighted by molar-refractivity contribution is -0.136. The molecule has 3 heterocycles. The average molecular weight is 448 g/mol. The molecule has 0 spiro atoms. The highest BCUT2D eigenvalue weighted by Crippen LogP contribution is 2.55. The maximum Gasteiger partial charge on any atom is 0.270 e. The van der Waals surface area contributed by atoms with Gasteiger partial charge in [-0.3, -0.25) is 9.78 Å². The molecular formula is C26H29N3O2S. The fourth-order valence-electron chi connectivity index (χ4n) is 6.70. The molecule has 3 aromatic rings. The van der Waals surface area contributed by atoms with Gasteiger partial charge in [-0.05, 0) is 97.9 Å². The number of carbonyl (C=O) groups excluding carboxylic acids is 1. The summed E-state index contributed by atoms with van der Waals surface area (Å²) in [6, 6.07) is 6.26. The number of nitrogens with zero attached hydrogens (tertiary/aromatic N) is 2. The molecule has 2 N–H and O–H groups in total. The zero-order chi connectivity index (χ0) is 22.0. The molecule has 4 aliphatic carbocycles. The number of fused-ring (bicyclic) bond motifs is 1. The Balaban J connectivity index is 1.30. The van der Waals surface area contributed by atoms with Crippen LogP contribution in [0.4, 0.5) is 0 Å². The minimum Gasteiger partial charge on any atom is -0.390 e. The van der Waals surface area contributed by atoms with Crippen molar-refractivity contribution < 1.29 is 9.90 Å². The Labute approximate surface area is 192 Å². The van der Waals surface area contributed by atoms with Crippen LogP contribution in [0, 0.1) is 31.6 Å². The Kier molecular flexibility index (Phi) is 4.67. The zero-order valence-corrected chi connectivity index (χ0v) is 19.4. The SMILES string of the molecule is Cc1ccc(Cc2cc(C(=O)NC3C4CC5C[C@H]3CC(O)(C5)C4)nc3c(C)csc23)cn1. The highest BCUT2D eigenvalue weighted by atomic mass is 32.1. The molecule has 4 saturated carbocycles. The largest absolute Gasteiger partial charge is 0.390 e. The van der Waals surface area contributed by atoms with Gasteiger partial charge in [-0.25, -0.2) is 4.98 Å². The van der Waals surface area contributed by atoms with E-state index in [1.807, 2.05) is 25.3 Å². The molecule has 0 aromatic carbocycles. The predicted molar refractivity (Wildman–Crippen MR) is 126 cm³/mol. The van der Waals surface area contributed by atoms with E-state index in [9.17, 15) is 9.90 Å². The first-order valence-electron chi connectivity index (χ1n) is 11.7. The van der Waals surface area contributed by atoms with Crippen LogP contribution in [0.3, 0.4) is 0 Å². The summed E-state index contributed by atoms with van der Waals surface area (Å²) < 4.78 is 1.15. The summed E-state index contributed by atoms with van der Waals surface area (Å²) in [4.78, 5) is 22.6. The summed E-state index contributed by atoms with van der Waals surface area (Å²) >= 11 is 1.69. The first-order valence-corrected chi connectivity index (χ1v) is 12.6. The lowest BCUT2D eigenvalue weighted by Crippen LogP contribution is -2.61. The summed E-state index contributed by atoms with van der Waals surface area (Å²) in [6.07, 6.45) is 7.51. The number of hydrogen-bond donors (Lipinski definition) is 2. The lowest BCUT2D eigenvalue weighted by Gasteiger charge is -2.58. The van der Waals surface area contributed by atoms with Gasteiger partial charge in [0.25, 0.3) is 5.91 Å². The number of aryl methyl sites for hydroxylation is 2. The fraction of sp³-hybridized carbons (Fsp3) is 0.500. The smallest absolute Gasteiger partial charge is 0.270 e. The van der Waals surface area contributed by atoms with E-state index in [2.05, 4.69) is 28.7 Å². The normalized spacial score (nSPS) is 30.7. The van der Waals surface area contributed by atoms with Crippen molar-refractivity contribution >= 4 is 27.5 Å². The van der Waals surface area contributed by atoms with Crippen LogP contribution in [-0.2, 0) is 6.42 Å². The van der Waals surface area contributed by atoms with Crippen molar-refractivity contribution in [3.63, 3.8) is 0 Å². The second kappa shape index (κ2) is 7.35. The summed E-state index contributed by atoms with van der Waals surface area (Å²) in [5.41, 5.74) is 5.32. The average Bonchev–Trinajstić information content (AvgIpc) is 3.12. The molecule has 32 heavy (non-hydrogen) atoms. The van der Waals surface area contributed by atoms with Gasteiger partial charge in [-0.15, -0.1) is 11.3 Å². The minimum atomic E-state index is -0.488. The molecule has 6 heteroatoms. The molecule has 4 unspecified atom stereocenters. The standard InChI is InChI=1S/C26H29N3O2S/c1-14-13-32-24-18(5-16-4-3-15(2)27-12-16)8-21(28-22(14)24)25(30)29-23-19-6-17-7-20(23)11-26(31,9-17)10-19/h3-4,8,12-13,17,19-20,23,31H,5-7,9-11H2,1-2H3,(H,29,30)/t17?,19-,20?,23?,26?/m0/s1. The Morgan fingerprint density at radius 2 is 2.00 bits per heavy atom. The van der Waals surface area contributed by atoms with E-state index in [0.29, 0.717) is 23.4 Å². The number of pyridine rings is 2. The van der Waals surface area contributed by atoms with E-state index < -0.39 is 5.60 Å². The van der Waals surface area contributed by atoms with Crippen molar-refractivity contribution in [3.8, 4) is 0 Å². The predicted octanol–water partition coefficient (Wildman–Crippen LogP) is 4.57. The third-order valence-electron chi connectivity index (χ3n) is 7.92. The van der Waals surface area contributed by atoms with Crippen LogP contribution < -0.4 is 5.32 Å². The van der Waals surface area contributed by atoms with E-state index in [-0.39, 0.29) is 11.9 Å². The van der Waals surface area contributed by atoms with Gasteiger partial charge >= 0.3 is 0 Å². The molecule has 0 aliphatic heterocycles. The molecule has 0 radical (unpaired) electrons. The van der Waals surface area contributed by atoms with Crippen LogP contribution >= 0.6 is 11.3 Å². The monoisotopic (exact) mass is 447 g/mol. The van der Waals surface area contributed by atoms with Gasteiger partial charge in [-0.2, -0.15) is 0 Å². The molecule has 4 fully saturated rings. The molecule has 166 valence electrons. The number of hydrogen-bond acceptors (Lipinski definition) is 5. The third-order valence-corrected chi connectivity index (χ3v) is 9.08. The lowest BCUT2D eigenvalue weighted by atomic mass is 9.52. The van der Waals surface area contributed by atoms with E-state index in [1.54, 1.807) is 11.3 Å². The van der Waals surface area contributed by atoms with E-state index in [4.69, 9.17) is 4.98 Å². The van der Waals surface area contributed by atoms with Crippen molar-refractivity contribution in [2.45, 2.75) is 64.0 Å². The first-order chi connectivity index (χ1) is 15.4. The summed E-state index contributed by atoms with van der Waals surface area (Å²) in [5, 5.41) is 16.3. The van der Waals surface area contributed by atoms with Crippen molar-refractivity contribution in [1.29, 1.82) is 0 Å². The van der Waals surface area contributed by atoms with Crippen molar-refractivity contribution in [3.05, 3.63) is 57.9 Å². The Hall–Kier alpha value is -2.31. The van der Waals surface area contributed by atoms with Gasteiger partial charge < -0.3 is 10.4 Å². The van der Waals surface area contributed by atoms with Gasteiger partial charge in [-0.1, -0.05) is 6.07 Å². The highest BCUT2D eigenvalue weighted by Gasteiger charge is 2.55. The van der Waals surface area contributed by atoms with E-state index >= 15 is 0 Å². The quantitative estimate of drug-likeness (QED) is 0.614. The van der Waals surface area contributed by atoms with Crippen LogP contribution in [0.5, 0.6) is 0 Å². The molecule has 0 saturated heterocycles. The maximum atomic E-state index is 13.4. The molecule has 5 atom stereocenters. The van der Waals surface area contributed by atoms with E-state index in [0.717, 1.165) is 71.1 Å². The Morgan fingerprint density at radius 1 is 1.22 bits per heavy atom. The molecule has 7 rings (SSSR count). The van der Waals surface area contributed by atoms with E-state index in [1.165, 1.54) is 0 Å². The second-order valence-electron chi connectivity index (χ2n) is 10.4. The summed E-state index contributed by atoms with van der Waals surface area (Å²) in [7, 11) is 0. The van der Waals surface area contributed by atoms with Crippen LogP contribution in [0.25, 0.3) is 10.2 Å². The summed E-state index contributed by atoms with van der Waals surface area (Å²) in [5.74, 6) is 1.33. The Bertz CT molecular complexity index is 1190. The molecule has 5 nitrogen and oxygen atoms in total. The van der Waals surface area contributed by atoms with Crippen LogP contribution in [0.2, 0.25) is 0 Å². The molecule has 4 bridgehead atoms. The number of nitrogens with one attached hydrogen (secondary N) is 1. The number of thiophene rings is 1. The van der Waals surface area contributed by atoms with Gasteiger partial charge in [0.15, 0.2) is 0 Å². The maximum absolute atomic E-state index is 13.4. The first kappa shape index (κ1) is 20.3. The number of aromatic nitrogens is 2. The number of rotatable bonds is 4. The third kappa shape index (κ3) is 3.44. The fourth-order valence-corrected chi connectivity index (χ4v) is 7.71. The van der Waals surface area contributed by atoms with Crippen molar-refractivity contribution in [1.82, 2.24) is 15.3 Å². The summed E-state index contributed by atoms with van der Waals surface area (Å²) in [6.45, 7) is 4.05. The van der Waals surface area contributed by atoms with Gasteiger partial charge in [0.1, 0.15) is 5.69 Å². The van der Waals surface area contributed by atoms with Crippen molar-refractivity contribution in [2.24, 2.45) is 17.8 Å². The number of carbonyl (C=O) groups is 1. The second-order valence-corrected chi connectivity index (χ2v) is 11.3. The minimum absolute atomic E-state index is 0.0785. The van der Waals surface area contributed by atoms with Gasteiger partial charge in [0, 0.05) is 24.4 Å². The van der Waals surface area contributed by atoms with Gasteiger partial charge in [0.2, 0.25) is 0 Å². The van der Waals surface area contributed by atoms with Gasteiger partial charge in [0.05, 0.1) is 15.8 Å². The molecule has 4 aliphatic rings. The number of amides is 1. The molecular weight excluding hydrogens is 418 g/mol. The molecule has 1 amide bonds. The highest BCUT2D eigenvalue weighted by molar-refractivity contribution is 7.17. The molecule has 3 aromatic heterocycles. The number of aliphatic hydroxyl groups is 1. The van der Waals surface area contributed by atoms with Crippen LogP contribution in [-0.4, -0.2) is 32.6 Å². The zero-order valence-electron chi connectivity index (χ0n) is 18.6. The van der Waals surface area contributed by atoms with Crippen LogP contribution in [0.1, 0.15) is 65.0 Å². The topological polar surface area (TPSA) is 75.1 Å². The van der Waals surface area contributed by atoms with Crippen LogP contribution in [0.15, 0.2) is 29.8 Å². The Morgan fingerprint density at radius 3 is 2.69 bits per heavy atom.